The second-order valence-corrected chi connectivity index (χ2v) is 12.0. The van der Waals surface area contributed by atoms with E-state index in [9.17, 15) is 13.2 Å². The highest BCUT2D eigenvalue weighted by Crippen LogP contribution is 2.40. The Morgan fingerprint density at radius 2 is 2.02 bits per heavy atom. The zero-order chi connectivity index (χ0) is 30.4. The highest BCUT2D eigenvalue weighted by molar-refractivity contribution is 7.92. The van der Waals surface area contributed by atoms with Gasteiger partial charge in [0.1, 0.15) is 10.8 Å². The number of hydrogen-bond acceptors (Lipinski definition) is 10. The van der Waals surface area contributed by atoms with Gasteiger partial charge in [-0.15, -0.1) is 0 Å². The van der Waals surface area contributed by atoms with Gasteiger partial charge in [-0.3, -0.25) is 9.10 Å². The number of likely N-dealkylation sites (N-methyl/N-ethyl adjacent to an activating group) is 2. The molecule has 1 aliphatic rings. The molecule has 0 fully saturated rings. The SMILES string of the molecule is C=CC(=O)Nc1cc(Nc2ncc(Cl)c(Nc3cccc4c3N(S(C)(=O)=O)CCC4)n2)c(OC)cc1N(C)CCNC. The predicted octanol–water partition coefficient (Wildman–Crippen LogP) is 4.12. The van der Waals surface area contributed by atoms with Gasteiger partial charge in [0.15, 0.2) is 5.82 Å². The number of sulfonamides is 1. The molecule has 3 aromatic rings. The van der Waals surface area contributed by atoms with E-state index in [1.54, 1.807) is 19.2 Å². The maximum absolute atomic E-state index is 12.6. The van der Waals surface area contributed by atoms with Crippen LogP contribution in [0.15, 0.2) is 49.2 Å². The molecule has 224 valence electrons. The second-order valence-electron chi connectivity index (χ2n) is 9.68. The summed E-state index contributed by atoms with van der Waals surface area (Å²) in [6.07, 6.45) is 5.32. The summed E-state index contributed by atoms with van der Waals surface area (Å²) in [5.41, 5.74) is 3.83. The minimum atomic E-state index is -3.49. The first-order valence-corrected chi connectivity index (χ1v) is 15.5. The van der Waals surface area contributed by atoms with Gasteiger partial charge in [0.05, 0.1) is 48.0 Å². The minimum absolute atomic E-state index is 0.197. The first-order valence-electron chi connectivity index (χ1n) is 13.2. The van der Waals surface area contributed by atoms with Crippen LogP contribution in [0.4, 0.5) is 40.2 Å². The van der Waals surface area contributed by atoms with Crippen molar-refractivity contribution in [2.75, 3.05) is 72.3 Å². The summed E-state index contributed by atoms with van der Waals surface area (Å²) >= 11 is 6.47. The lowest BCUT2D eigenvalue weighted by atomic mass is 10.0. The maximum atomic E-state index is 12.6. The summed E-state index contributed by atoms with van der Waals surface area (Å²) in [6, 6.07) is 9.10. The molecular formula is C28H35ClN8O4S. The van der Waals surface area contributed by atoms with Gasteiger partial charge in [-0.05, 0) is 43.7 Å². The zero-order valence-corrected chi connectivity index (χ0v) is 25.6. The van der Waals surface area contributed by atoms with Crippen molar-refractivity contribution in [3.05, 3.63) is 59.8 Å². The normalized spacial score (nSPS) is 12.7. The fraction of sp³-hybridized carbons (Fsp3) is 0.321. The number of amides is 1. The van der Waals surface area contributed by atoms with Gasteiger partial charge in [-0.2, -0.15) is 4.98 Å². The lowest BCUT2D eigenvalue weighted by Gasteiger charge is -2.31. The summed E-state index contributed by atoms with van der Waals surface area (Å²) in [6.45, 7) is 5.35. The number of aryl methyl sites for hydroxylation is 1. The van der Waals surface area contributed by atoms with E-state index in [4.69, 9.17) is 16.3 Å². The smallest absolute Gasteiger partial charge is 0.247 e. The molecule has 2 heterocycles. The van der Waals surface area contributed by atoms with Crippen LogP contribution in [0.25, 0.3) is 0 Å². The Labute approximate surface area is 251 Å². The molecule has 0 bridgehead atoms. The van der Waals surface area contributed by atoms with Crippen LogP contribution in [-0.4, -0.2) is 71.4 Å². The van der Waals surface area contributed by atoms with Crippen molar-refractivity contribution in [3.63, 3.8) is 0 Å². The molecule has 0 spiro atoms. The van der Waals surface area contributed by atoms with Gasteiger partial charge in [-0.1, -0.05) is 30.3 Å². The lowest BCUT2D eigenvalue weighted by molar-refractivity contribution is -0.111. The van der Waals surface area contributed by atoms with Crippen LogP contribution >= 0.6 is 11.6 Å². The summed E-state index contributed by atoms with van der Waals surface area (Å²) in [4.78, 5) is 23.1. The van der Waals surface area contributed by atoms with Crippen molar-refractivity contribution < 1.29 is 17.9 Å². The number of para-hydroxylation sites is 1. The van der Waals surface area contributed by atoms with E-state index in [0.717, 1.165) is 30.6 Å². The third-order valence-corrected chi connectivity index (χ3v) is 8.13. The number of fused-ring (bicyclic) bond motifs is 1. The van der Waals surface area contributed by atoms with Gasteiger partial charge in [0, 0.05) is 32.7 Å². The topological polar surface area (TPSA) is 141 Å². The second kappa shape index (κ2) is 13.3. The first kappa shape index (κ1) is 30.9. The van der Waals surface area contributed by atoms with Crippen molar-refractivity contribution >= 4 is 67.7 Å². The number of nitrogens with zero attached hydrogens (tertiary/aromatic N) is 4. The Morgan fingerprint density at radius 1 is 1.24 bits per heavy atom. The van der Waals surface area contributed by atoms with Gasteiger partial charge in [0.25, 0.3) is 0 Å². The summed E-state index contributed by atoms with van der Waals surface area (Å²) < 4.78 is 32.2. The Morgan fingerprint density at radius 3 is 2.71 bits per heavy atom. The fourth-order valence-corrected chi connectivity index (χ4v) is 5.79. The van der Waals surface area contributed by atoms with E-state index in [1.807, 2.05) is 37.2 Å². The number of rotatable bonds is 12. The predicted molar refractivity (Wildman–Crippen MR) is 170 cm³/mol. The number of ether oxygens (including phenoxy) is 1. The van der Waals surface area contributed by atoms with Crippen molar-refractivity contribution in [2.45, 2.75) is 12.8 Å². The summed E-state index contributed by atoms with van der Waals surface area (Å²) in [7, 11) is 1.83. The standard InChI is InChI=1S/C28H35ClN8O4S/c1-6-25(38)32-21-15-22(24(41-4)16-23(21)36(3)14-12-30-2)34-28-31-17-19(29)27(35-28)33-20-11-7-9-18-10-8-13-37(26(18)20)42(5,39)40/h6-7,9,11,15-17,30H,1,8,10,12-14H2,2-5H3,(H,32,38)(H2,31,33,34,35). The third-order valence-electron chi connectivity index (χ3n) is 6.69. The number of anilines is 7. The number of halogens is 1. The number of methoxy groups -OCH3 is 1. The average molecular weight is 615 g/mol. The molecule has 0 saturated heterocycles. The summed E-state index contributed by atoms with van der Waals surface area (Å²) in [5, 5.41) is 12.6. The van der Waals surface area contributed by atoms with Crippen molar-refractivity contribution in [1.82, 2.24) is 15.3 Å². The number of hydrogen-bond donors (Lipinski definition) is 4. The van der Waals surface area contributed by atoms with Crippen LogP contribution < -0.4 is 35.2 Å². The zero-order valence-electron chi connectivity index (χ0n) is 24.0. The van der Waals surface area contributed by atoms with E-state index in [-0.39, 0.29) is 22.7 Å². The van der Waals surface area contributed by atoms with E-state index in [0.29, 0.717) is 41.6 Å². The number of benzene rings is 2. The van der Waals surface area contributed by atoms with Gasteiger partial charge < -0.3 is 30.9 Å². The summed E-state index contributed by atoms with van der Waals surface area (Å²) in [5.74, 6) is 0.608. The number of aromatic nitrogens is 2. The number of nitrogens with one attached hydrogen (secondary N) is 4. The Kier molecular flexibility index (Phi) is 9.76. The van der Waals surface area contributed by atoms with Crippen LogP contribution in [0, 0.1) is 0 Å². The Balaban J connectivity index is 1.70. The molecule has 1 aliphatic heterocycles. The highest BCUT2D eigenvalue weighted by atomic mass is 35.5. The van der Waals surface area contributed by atoms with E-state index in [2.05, 4.69) is 37.8 Å². The highest BCUT2D eigenvalue weighted by Gasteiger charge is 2.27. The molecule has 4 rings (SSSR count). The molecule has 0 atom stereocenters. The third kappa shape index (κ3) is 7.04. The molecule has 2 aromatic carbocycles. The Hall–Kier alpha value is -4.07. The van der Waals surface area contributed by atoms with E-state index in [1.165, 1.54) is 22.8 Å². The maximum Gasteiger partial charge on any atom is 0.247 e. The van der Waals surface area contributed by atoms with Crippen molar-refractivity contribution in [2.24, 2.45) is 0 Å². The van der Waals surface area contributed by atoms with Crippen LogP contribution in [0.3, 0.4) is 0 Å². The fourth-order valence-electron chi connectivity index (χ4n) is 4.64. The molecule has 42 heavy (non-hydrogen) atoms. The minimum Gasteiger partial charge on any atom is -0.494 e. The van der Waals surface area contributed by atoms with Gasteiger partial charge in [-0.25, -0.2) is 13.4 Å². The van der Waals surface area contributed by atoms with Gasteiger partial charge in [0.2, 0.25) is 21.9 Å². The van der Waals surface area contributed by atoms with Crippen molar-refractivity contribution in [1.29, 1.82) is 0 Å². The van der Waals surface area contributed by atoms with Crippen LogP contribution in [0.2, 0.25) is 5.02 Å². The first-order chi connectivity index (χ1) is 20.0. The molecule has 1 amide bonds. The molecule has 0 radical (unpaired) electrons. The van der Waals surface area contributed by atoms with Gasteiger partial charge >= 0.3 is 0 Å². The molecule has 12 nitrogen and oxygen atoms in total. The molecule has 4 N–H and O–H groups in total. The number of carbonyl (C=O) groups is 1. The quantitative estimate of drug-likeness (QED) is 0.220. The average Bonchev–Trinajstić information content (AvgIpc) is 2.97. The monoisotopic (exact) mass is 614 g/mol. The van der Waals surface area contributed by atoms with E-state index >= 15 is 0 Å². The van der Waals surface area contributed by atoms with Crippen LogP contribution in [0.5, 0.6) is 5.75 Å². The molecule has 1 aromatic heterocycles. The Bertz CT molecular complexity index is 1580. The van der Waals surface area contributed by atoms with Crippen LogP contribution in [0.1, 0.15) is 12.0 Å². The molecule has 0 unspecified atom stereocenters. The molecule has 0 aliphatic carbocycles. The number of carbonyl (C=O) groups excluding carboxylic acids is 1. The van der Waals surface area contributed by atoms with Crippen molar-refractivity contribution in [3.8, 4) is 5.75 Å². The molecular weight excluding hydrogens is 580 g/mol. The lowest BCUT2D eigenvalue weighted by Crippen LogP contribution is -2.35. The van der Waals surface area contributed by atoms with E-state index < -0.39 is 10.0 Å². The largest absolute Gasteiger partial charge is 0.494 e. The molecule has 0 saturated carbocycles. The van der Waals surface area contributed by atoms with Crippen LogP contribution in [-0.2, 0) is 21.2 Å². The molecule has 14 heteroatoms.